The molecule has 0 amide bonds. The fourth-order valence-electron chi connectivity index (χ4n) is 10.9. The van der Waals surface area contributed by atoms with Gasteiger partial charge in [0, 0.05) is 5.41 Å². The van der Waals surface area contributed by atoms with Crippen LogP contribution in [-0.2, 0) is 14.3 Å². The van der Waals surface area contributed by atoms with Crippen molar-refractivity contribution in [1.82, 2.24) is 0 Å². The molecule has 47 heavy (non-hydrogen) atoms. The predicted octanol–water partition coefficient (Wildman–Crippen LogP) is 3.56. The minimum atomic E-state index is -1.60. The highest BCUT2D eigenvalue weighted by atomic mass is 16.7. The summed E-state index contributed by atoms with van der Waals surface area (Å²) in [5.74, 6) is -1.62. The number of hydrogen-bond donors (Lipinski definition) is 7. The van der Waals surface area contributed by atoms with Crippen LogP contribution in [-0.4, -0.2) is 97.3 Å². The molecule has 1 aliphatic heterocycles. The van der Waals surface area contributed by atoms with E-state index in [-0.39, 0.29) is 23.2 Å². The molecule has 0 radical (unpaired) electrons. The Morgan fingerprint density at radius 1 is 0.979 bits per heavy atom. The first-order chi connectivity index (χ1) is 21.8. The number of allylic oxidation sites excluding steroid dienone is 2. The number of ether oxygens (including phenoxy) is 2. The fourth-order valence-corrected chi connectivity index (χ4v) is 10.9. The van der Waals surface area contributed by atoms with Crippen molar-refractivity contribution in [3.8, 4) is 0 Å². The fraction of sp³-hybridized carbons (Fsp3) is 0.865. The van der Waals surface area contributed by atoms with Crippen molar-refractivity contribution >= 4 is 5.97 Å². The van der Waals surface area contributed by atoms with E-state index in [2.05, 4.69) is 48.1 Å². The van der Waals surface area contributed by atoms with Gasteiger partial charge in [0.25, 0.3) is 0 Å². The maximum Gasteiger partial charge on any atom is 0.306 e. The second-order valence-corrected chi connectivity index (χ2v) is 17.1. The van der Waals surface area contributed by atoms with Crippen LogP contribution in [0.4, 0.5) is 0 Å². The third-order valence-corrected chi connectivity index (χ3v) is 14.4. The Hall–Kier alpha value is -1.37. The van der Waals surface area contributed by atoms with Crippen molar-refractivity contribution in [1.29, 1.82) is 0 Å². The number of hydrogen-bond acceptors (Lipinski definition) is 9. The maximum absolute atomic E-state index is 12.9. The Morgan fingerprint density at radius 3 is 2.23 bits per heavy atom. The van der Waals surface area contributed by atoms with E-state index < -0.39 is 83.8 Å². The molecule has 4 aliphatic carbocycles. The van der Waals surface area contributed by atoms with E-state index in [1.165, 1.54) is 5.57 Å². The molecular weight excluding hydrogens is 604 g/mol. The van der Waals surface area contributed by atoms with Gasteiger partial charge in [0.1, 0.15) is 24.4 Å². The average Bonchev–Trinajstić information content (AvgIpc) is 3.21. The van der Waals surface area contributed by atoms with Crippen molar-refractivity contribution < 1.29 is 50.0 Å². The zero-order valence-electron chi connectivity index (χ0n) is 29.4. The van der Waals surface area contributed by atoms with Crippen LogP contribution in [0.2, 0.25) is 0 Å². The lowest BCUT2D eigenvalue weighted by molar-refractivity contribution is -0.313. The van der Waals surface area contributed by atoms with Gasteiger partial charge in [-0.15, -0.1) is 0 Å². The van der Waals surface area contributed by atoms with Crippen molar-refractivity contribution in [3.05, 3.63) is 23.3 Å². The first-order valence-electron chi connectivity index (χ1n) is 17.7. The molecule has 0 unspecified atom stereocenters. The van der Waals surface area contributed by atoms with Gasteiger partial charge in [0.2, 0.25) is 0 Å². The Kier molecular flexibility index (Phi) is 10.0. The third kappa shape index (κ3) is 5.57. The number of aliphatic hydroxyl groups is 6. The molecule has 0 aromatic rings. The van der Waals surface area contributed by atoms with Crippen LogP contribution in [0.3, 0.4) is 0 Å². The minimum absolute atomic E-state index is 0.0245. The zero-order chi connectivity index (χ0) is 35.0. The molecule has 0 bridgehead atoms. The Bertz CT molecular complexity index is 1240. The van der Waals surface area contributed by atoms with E-state index in [1.54, 1.807) is 0 Å². The highest BCUT2D eigenvalue weighted by Gasteiger charge is 2.69. The van der Waals surface area contributed by atoms with Gasteiger partial charge in [0.05, 0.1) is 30.8 Å². The highest BCUT2D eigenvalue weighted by molar-refractivity contribution is 5.71. The van der Waals surface area contributed by atoms with Crippen LogP contribution >= 0.6 is 0 Å². The molecule has 14 atom stereocenters. The number of carbonyl (C=O) groups is 1. The van der Waals surface area contributed by atoms with Gasteiger partial charge in [-0.25, -0.2) is 0 Å². The second kappa shape index (κ2) is 12.7. The van der Waals surface area contributed by atoms with Gasteiger partial charge in [-0.1, -0.05) is 66.2 Å². The van der Waals surface area contributed by atoms with E-state index in [1.807, 2.05) is 6.92 Å². The van der Waals surface area contributed by atoms with Crippen LogP contribution in [0.15, 0.2) is 23.3 Å². The maximum atomic E-state index is 12.9. The van der Waals surface area contributed by atoms with E-state index in [4.69, 9.17) is 9.47 Å². The van der Waals surface area contributed by atoms with E-state index in [9.17, 15) is 40.5 Å². The SMILES string of the molecule is C=C(CC[C@@H](C(=O)O)[C@H]1C[C@H](O)[C@@]2(C)C3=C(CC[C@]12C)[C@@]1(C)CC[C@H](O)C(C)(C)[C@H]1C[C@H]3O[C@H]1O[C@H](CO)[C@H](O)[C@H](O)[C@@H]1O)C(C)C. The molecule has 3 fully saturated rings. The molecule has 10 heteroatoms. The van der Waals surface area contributed by atoms with Crippen molar-refractivity contribution in [2.45, 2.75) is 149 Å². The van der Waals surface area contributed by atoms with Gasteiger partial charge in [-0.2, -0.15) is 0 Å². The van der Waals surface area contributed by atoms with E-state index >= 15 is 0 Å². The monoisotopic (exact) mass is 664 g/mol. The van der Waals surface area contributed by atoms with E-state index in [0.717, 1.165) is 17.6 Å². The molecule has 0 spiro atoms. The molecule has 2 saturated carbocycles. The number of carboxylic acids is 1. The molecule has 5 aliphatic rings. The summed E-state index contributed by atoms with van der Waals surface area (Å²) in [6, 6.07) is 0. The highest BCUT2D eigenvalue weighted by Crippen LogP contribution is 2.73. The Morgan fingerprint density at radius 2 is 1.64 bits per heavy atom. The van der Waals surface area contributed by atoms with Crippen LogP contribution < -0.4 is 0 Å². The first kappa shape index (κ1) is 36.9. The van der Waals surface area contributed by atoms with Gasteiger partial charge >= 0.3 is 5.97 Å². The quantitative estimate of drug-likeness (QED) is 0.180. The number of aliphatic hydroxyl groups excluding tert-OH is 6. The van der Waals surface area contributed by atoms with Gasteiger partial charge in [-0.05, 0) is 90.9 Å². The summed E-state index contributed by atoms with van der Waals surface area (Å²) in [7, 11) is 0. The Labute approximate surface area is 279 Å². The molecule has 268 valence electrons. The van der Waals surface area contributed by atoms with E-state index in [0.29, 0.717) is 44.9 Å². The molecule has 1 saturated heterocycles. The van der Waals surface area contributed by atoms with Crippen LogP contribution in [0.25, 0.3) is 0 Å². The summed E-state index contributed by atoms with van der Waals surface area (Å²) >= 11 is 0. The van der Waals surface area contributed by atoms with Crippen LogP contribution in [0.5, 0.6) is 0 Å². The van der Waals surface area contributed by atoms with Crippen molar-refractivity contribution in [3.63, 3.8) is 0 Å². The Balaban J connectivity index is 1.61. The molecule has 5 rings (SSSR count). The number of fused-ring (bicyclic) bond motifs is 4. The van der Waals surface area contributed by atoms with Gasteiger partial charge in [0.15, 0.2) is 6.29 Å². The third-order valence-electron chi connectivity index (χ3n) is 14.4. The smallest absolute Gasteiger partial charge is 0.306 e. The average molecular weight is 665 g/mol. The lowest BCUT2D eigenvalue weighted by atomic mass is 9.42. The predicted molar refractivity (Wildman–Crippen MR) is 175 cm³/mol. The normalized spacial score (nSPS) is 46.9. The summed E-state index contributed by atoms with van der Waals surface area (Å²) in [5, 5.41) is 75.9. The zero-order valence-corrected chi connectivity index (χ0v) is 29.4. The summed E-state index contributed by atoms with van der Waals surface area (Å²) in [4.78, 5) is 12.9. The largest absolute Gasteiger partial charge is 0.481 e. The minimum Gasteiger partial charge on any atom is -0.481 e. The molecule has 0 aromatic carbocycles. The topological polar surface area (TPSA) is 177 Å². The lowest BCUT2D eigenvalue weighted by Crippen LogP contribution is -2.62. The van der Waals surface area contributed by atoms with Crippen molar-refractivity contribution in [2.75, 3.05) is 6.61 Å². The number of carboxylic acid groups (broad SMARTS) is 1. The molecule has 10 nitrogen and oxygen atoms in total. The summed E-state index contributed by atoms with van der Waals surface area (Å²) in [5.41, 5.74) is 0.837. The molecule has 7 N–H and O–H groups in total. The number of rotatable bonds is 9. The van der Waals surface area contributed by atoms with Crippen molar-refractivity contribution in [2.24, 2.45) is 45.3 Å². The van der Waals surface area contributed by atoms with Gasteiger partial charge < -0.3 is 45.2 Å². The number of aliphatic carboxylic acids is 1. The lowest BCUT2D eigenvalue weighted by Gasteiger charge is -2.64. The second-order valence-electron chi connectivity index (χ2n) is 17.1. The standard InChI is InChI=1S/C37H60O10/c1-18(2)19(3)9-10-20(32(44)45)22-15-27(40)37(8)28-21(11-14-36(22,37)7)35(6)13-12-26(39)34(4,5)25(35)16-23(28)46-33-31(43)30(42)29(41)24(17-38)47-33/h18,20,22-27,29-31,33,38-43H,3,9-17H2,1-2,4-8H3,(H,44,45)/t20-,22-,23-,24-,25-,26+,27+,29+,30+,31+,33+,35-,36-,37+/m1/s1. The van der Waals surface area contributed by atoms with Crippen LogP contribution in [0.1, 0.15) is 99.8 Å². The summed E-state index contributed by atoms with van der Waals surface area (Å²) < 4.78 is 12.5. The molecule has 0 aromatic heterocycles. The molecular formula is C37H60O10. The summed E-state index contributed by atoms with van der Waals surface area (Å²) in [6.45, 7) is 18.3. The first-order valence-corrected chi connectivity index (χ1v) is 17.7. The summed E-state index contributed by atoms with van der Waals surface area (Å²) in [6.07, 6.45) is -4.74. The van der Waals surface area contributed by atoms with Gasteiger partial charge in [-0.3, -0.25) is 4.79 Å². The van der Waals surface area contributed by atoms with Crippen LogP contribution in [0, 0.1) is 45.3 Å². The molecule has 1 heterocycles.